The van der Waals surface area contributed by atoms with Gasteiger partial charge in [-0.1, -0.05) is 43.7 Å². The van der Waals surface area contributed by atoms with Crippen molar-refractivity contribution in [3.63, 3.8) is 0 Å². The smallest absolute Gasteiger partial charge is 0.250 e. The molecule has 0 bridgehead atoms. The summed E-state index contributed by atoms with van der Waals surface area (Å²) < 4.78 is 0. The number of carbonyl (C=O) groups excluding carboxylic acids is 2. The summed E-state index contributed by atoms with van der Waals surface area (Å²) in [5.41, 5.74) is 8.23. The zero-order valence-electron chi connectivity index (χ0n) is 16.1. The Hall–Kier alpha value is -2.44. The topological polar surface area (TPSA) is 75.4 Å². The molecule has 28 heavy (non-hydrogen) atoms. The lowest BCUT2D eigenvalue weighted by molar-refractivity contribution is -0.122. The lowest BCUT2D eigenvalue weighted by Gasteiger charge is -2.19. The number of benzene rings is 1. The molecular weight excluding hydrogens is 370 g/mol. The molecule has 0 unspecified atom stereocenters. The van der Waals surface area contributed by atoms with Gasteiger partial charge in [0, 0.05) is 35.6 Å². The maximum absolute atomic E-state index is 12.7. The van der Waals surface area contributed by atoms with Crippen molar-refractivity contribution in [3.05, 3.63) is 64.4 Å². The third-order valence-electron chi connectivity index (χ3n) is 4.89. The van der Waals surface area contributed by atoms with E-state index in [0.29, 0.717) is 13.0 Å². The number of rotatable bonds is 8. The van der Waals surface area contributed by atoms with Crippen LogP contribution in [0, 0.1) is 0 Å². The Kier molecular flexibility index (Phi) is 7.01. The van der Waals surface area contributed by atoms with Gasteiger partial charge in [0.05, 0.1) is 6.04 Å². The van der Waals surface area contributed by atoms with Crippen LogP contribution in [0.25, 0.3) is 0 Å². The van der Waals surface area contributed by atoms with Gasteiger partial charge in [0.2, 0.25) is 5.91 Å². The van der Waals surface area contributed by atoms with Gasteiger partial charge in [0.15, 0.2) is 0 Å². The number of nitrogens with zero attached hydrogens (tertiary/aromatic N) is 1. The van der Waals surface area contributed by atoms with Crippen molar-refractivity contribution in [1.82, 2.24) is 5.32 Å². The molecule has 148 valence electrons. The average Bonchev–Trinajstić information content (AvgIpc) is 3.35. The van der Waals surface area contributed by atoms with Crippen LogP contribution in [0.1, 0.15) is 30.2 Å². The molecule has 3 rings (SSSR count). The quantitative estimate of drug-likeness (QED) is 0.672. The first-order chi connectivity index (χ1) is 13.6. The molecule has 6 heteroatoms. The first kappa shape index (κ1) is 20.3. The number of thiophene rings is 1. The Morgan fingerprint density at radius 3 is 2.86 bits per heavy atom. The molecule has 0 radical (unpaired) electrons. The molecule has 2 atom stereocenters. The minimum atomic E-state index is -0.590. The lowest BCUT2D eigenvalue weighted by atomic mass is 10.1. The molecule has 1 aliphatic rings. The fraction of sp³-hybridized carbons (Fsp3) is 0.364. The molecule has 2 amide bonds. The number of nitrogens with two attached hydrogens (primary N) is 1. The minimum absolute atomic E-state index is 0.0526. The highest BCUT2D eigenvalue weighted by Gasteiger charge is 2.23. The highest BCUT2D eigenvalue weighted by atomic mass is 32.1. The summed E-state index contributed by atoms with van der Waals surface area (Å²) in [4.78, 5) is 28.0. The van der Waals surface area contributed by atoms with Crippen LogP contribution in [-0.4, -0.2) is 30.4 Å². The number of nitrogens with one attached hydrogen (secondary N) is 1. The van der Waals surface area contributed by atoms with Gasteiger partial charge in [-0.25, -0.2) is 0 Å². The second kappa shape index (κ2) is 9.66. The predicted molar refractivity (Wildman–Crippen MR) is 114 cm³/mol. The molecule has 0 aliphatic carbocycles. The van der Waals surface area contributed by atoms with E-state index in [4.69, 9.17) is 5.73 Å². The molecule has 0 saturated heterocycles. The van der Waals surface area contributed by atoms with Gasteiger partial charge in [-0.15, -0.1) is 11.3 Å². The van der Waals surface area contributed by atoms with Crippen molar-refractivity contribution in [2.45, 2.75) is 44.7 Å². The SMILES string of the molecule is CCC[C@@H](C=CC(=O)N1CCc2ccccc21)NC(=O)[C@@H](N)Cc1cccs1. The van der Waals surface area contributed by atoms with Gasteiger partial charge in [-0.05, 0) is 35.9 Å². The molecule has 0 saturated carbocycles. The van der Waals surface area contributed by atoms with Crippen LogP contribution in [0.4, 0.5) is 5.69 Å². The van der Waals surface area contributed by atoms with Crippen LogP contribution < -0.4 is 16.0 Å². The van der Waals surface area contributed by atoms with Gasteiger partial charge in [0.1, 0.15) is 0 Å². The van der Waals surface area contributed by atoms with Gasteiger partial charge < -0.3 is 16.0 Å². The second-order valence-electron chi connectivity index (χ2n) is 7.02. The average molecular weight is 398 g/mol. The fourth-order valence-corrected chi connectivity index (χ4v) is 4.18. The Balaban J connectivity index is 1.59. The van der Waals surface area contributed by atoms with Crippen molar-refractivity contribution in [2.75, 3.05) is 11.4 Å². The molecule has 2 heterocycles. The van der Waals surface area contributed by atoms with E-state index in [1.54, 1.807) is 28.4 Å². The third kappa shape index (κ3) is 5.09. The van der Waals surface area contributed by atoms with Crippen LogP contribution in [0.15, 0.2) is 53.9 Å². The standard InChI is InChI=1S/C22H27N3O2S/c1-2-6-17(24-22(27)19(23)15-18-8-5-14-28-18)10-11-21(26)25-13-12-16-7-3-4-9-20(16)25/h3-5,7-11,14,17,19H,2,6,12-13,15,23H2,1H3,(H,24,27)/t17-,19-/m0/s1. The van der Waals surface area contributed by atoms with E-state index in [1.807, 2.05) is 35.7 Å². The summed E-state index contributed by atoms with van der Waals surface area (Å²) in [5, 5.41) is 4.96. The van der Waals surface area contributed by atoms with E-state index in [2.05, 4.69) is 18.3 Å². The van der Waals surface area contributed by atoms with Crippen molar-refractivity contribution in [1.29, 1.82) is 0 Å². The molecule has 3 N–H and O–H groups in total. The maximum atomic E-state index is 12.7. The third-order valence-corrected chi connectivity index (χ3v) is 5.79. The molecule has 5 nitrogen and oxygen atoms in total. The molecular formula is C22H27N3O2S. The Morgan fingerprint density at radius 1 is 1.29 bits per heavy atom. The summed E-state index contributed by atoms with van der Waals surface area (Å²) in [5.74, 6) is -0.237. The van der Waals surface area contributed by atoms with Crippen molar-refractivity contribution in [2.24, 2.45) is 5.73 Å². The van der Waals surface area contributed by atoms with Gasteiger partial charge in [-0.3, -0.25) is 9.59 Å². The summed E-state index contributed by atoms with van der Waals surface area (Å²) in [6.07, 6.45) is 6.43. The van der Waals surface area contributed by atoms with E-state index in [9.17, 15) is 9.59 Å². The first-order valence-corrected chi connectivity index (χ1v) is 10.6. The highest BCUT2D eigenvalue weighted by molar-refractivity contribution is 7.09. The summed E-state index contributed by atoms with van der Waals surface area (Å²) in [6.45, 7) is 2.75. The number of hydrogen-bond acceptors (Lipinski definition) is 4. The normalized spacial score (nSPS) is 15.4. The molecule has 1 aliphatic heterocycles. The van der Waals surface area contributed by atoms with Gasteiger partial charge in [-0.2, -0.15) is 0 Å². The van der Waals surface area contributed by atoms with E-state index in [0.717, 1.165) is 29.8 Å². The number of carbonyl (C=O) groups is 2. The molecule has 0 spiro atoms. The number of amides is 2. The molecule has 1 aromatic heterocycles. The molecule has 2 aromatic rings. The van der Waals surface area contributed by atoms with E-state index in [1.165, 1.54) is 5.56 Å². The summed E-state index contributed by atoms with van der Waals surface area (Å²) in [6, 6.07) is 11.1. The Morgan fingerprint density at radius 2 is 2.11 bits per heavy atom. The highest BCUT2D eigenvalue weighted by Crippen LogP contribution is 2.27. The van der Waals surface area contributed by atoms with E-state index < -0.39 is 6.04 Å². The van der Waals surface area contributed by atoms with Gasteiger partial charge in [0.25, 0.3) is 5.91 Å². The fourth-order valence-electron chi connectivity index (χ4n) is 3.41. The summed E-state index contributed by atoms with van der Waals surface area (Å²) in [7, 11) is 0. The Labute approximate surface area is 170 Å². The van der Waals surface area contributed by atoms with Crippen LogP contribution in [0.2, 0.25) is 0 Å². The minimum Gasteiger partial charge on any atom is -0.349 e. The van der Waals surface area contributed by atoms with Crippen molar-refractivity contribution in [3.8, 4) is 0 Å². The van der Waals surface area contributed by atoms with Crippen molar-refractivity contribution < 1.29 is 9.59 Å². The zero-order valence-corrected chi connectivity index (χ0v) is 17.0. The van der Waals surface area contributed by atoms with Crippen LogP contribution in [0.5, 0.6) is 0 Å². The van der Waals surface area contributed by atoms with E-state index in [-0.39, 0.29) is 17.9 Å². The van der Waals surface area contributed by atoms with Crippen LogP contribution in [-0.2, 0) is 22.4 Å². The second-order valence-corrected chi connectivity index (χ2v) is 8.05. The number of anilines is 1. The number of fused-ring (bicyclic) bond motifs is 1. The predicted octanol–water partition coefficient (Wildman–Crippen LogP) is 3.05. The molecule has 1 aromatic carbocycles. The van der Waals surface area contributed by atoms with Gasteiger partial charge >= 0.3 is 0 Å². The Bertz CT molecular complexity index is 832. The number of para-hydroxylation sites is 1. The summed E-state index contributed by atoms with van der Waals surface area (Å²) >= 11 is 1.60. The first-order valence-electron chi connectivity index (χ1n) is 9.74. The maximum Gasteiger partial charge on any atom is 0.250 e. The lowest BCUT2D eigenvalue weighted by Crippen LogP contribution is -2.45. The van der Waals surface area contributed by atoms with Crippen LogP contribution in [0.3, 0.4) is 0 Å². The van der Waals surface area contributed by atoms with E-state index >= 15 is 0 Å². The zero-order chi connectivity index (χ0) is 19.9. The monoisotopic (exact) mass is 397 g/mol. The molecule has 0 fully saturated rings. The largest absolute Gasteiger partial charge is 0.349 e. The number of hydrogen-bond donors (Lipinski definition) is 2. The van der Waals surface area contributed by atoms with Crippen molar-refractivity contribution >= 4 is 28.8 Å². The van der Waals surface area contributed by atoms with Crippen LogP contribution >= 0.6 is 11.3 Å².